The van der Waals surface area contributed by atoms with Gasteiger partial charge in [-0.25, -0.2) is 0 Å². The van der Waals surface area contributed by atoms with Crippen LogP contribution in [0.5, 0.6) is 0 Å². The van der Waals surface area contributed by atoms with Crippen LogP contribution in [0.2, 0.25) is 6.04 Å². The summed E-state index contributed by atoms with van der Waals surface area (Å²) in [7, 11) is 2.86. The smallest absolute Gasteiger partial charge is 0.255 e. The number of nitrogens with zero attached hydrogens (tertiary/aromatic N) is 2. The van der Waals surface area contributed by atoms with Crippen molar-refractivity contribution >= 4 is 21.6 Å². The molecule has 0 heterocycles. The zero-order valence-electron chi connectivity index (χ0n) is 17.0. The minimum Gasteiger partial charge on any atom is -0.404 e. The predicted molar refractivity (Wildman–Crippen MR) is 115 cm³/mol. The van der Waals surface area contributed by atoms with Gasteiger partial charge in [0.15, 0.2) is 9.76 Å². The van der Waals surface area contributed by atoms with Crippen molar-refractivity contribution in [1.29, 1.82) is 0 Å². The van der Waals surface area contributed by atoms with E-state index in [4.69, 9.17) is 4.43 Å². The zero-order chi connectivity index (χ0) is 20.4. The van der Waals surface area contributed by atoms with Gasteiger partial charge in [-0.2, -0.15) is 0 Å². The first-order chi connectivity index (χ1) is 13.5. The summed E-state index contributed by atoms with van der Waals surface area (Å²) in [6, 6.07) is 19.5. The molecule has 0 spiro atoms. The van der Waals surface area contributed by atoms with Gasteiger partial charge in [-0.15, -0.1) is 0 Å². The topological polar surface area (TPSA) is 49.9 Å². The van der Waals surface area contributed by atoms with E-state index in [2.05, 4.69) is 6.92 Å². The fourth-order valence-corrected chi connectivity index (χ4v) is 3.99. The molecule has 1 atom stereocenters. The van der Waals surface area contributed by atoms with Gasteiger partial charge in [0.25, 0.3) is 11.8 Å². The predicted octanol–water partition coefficient (Wildman–Crippen LogP) is 3.18. The van der Waals surface area contributed by atoms with E-state index in [1.165, 1.54) is 0 Å². The number of hydrogen-bond acceptors (Lipinski definition) is 3. The molecule has 2 aromatic rings. The standard InChI is InChI=1S/C22H30N2O3Si/c1-4-17-28-27-20(24(3)22(26)19-13-9-6-10-14-19)15-16-23(2)21(25)18-11-7-5-8-12-18/h5-14,20H,4,15-17,28H2,1-3H3. The van der Waals surface area contributed by atoms with E-state index < -0.39 is 9.76 Å². The van der Waals surface area contributed by atoms with Crippen LogP contribution in [0.15, 0.2) is 60.7 Å². The highest BCUT2D eigenvalue weighted by atomic mass is 28.2. The van der Waals surface area contributed by atoms with E-state index in [1.54, 1.807) is 23.9 Å². The molecule has 0 N–H and O–H groups in total. The average Bonchev–Trinajstić information content (AvgIpc) is 2.75. The van der Waals surface area contributed by atoms with Crippen molar-refractivity contribution in [3.63, 3.8) is 0 Å². The van der Waals surface area contributed by atoms with Crippen molar-refractivity contribution in [2.45, 2.75) is 32.0 Å². The van der Waals surface area contributed by atoms with Gasteiger partial charge in [-0.1, -0.05) is 49.7 Å². The first-order valence-electron chi connectivity index (χ1n) is 9.79. The van der Waals surface area contributed by atoms with E-state index >= 15 is 0 Å². The first kappa shape index (κ1) is 21.9. The summed E-state index contributed by atoms with van der Waals surface area (Å²) in [4.78, 5) is 28.7. The van der Waals surface area contributed by atoms with Crippen LogP contribution in [0.1, 0.15) is 40.5 Å². The zero-order valence-corrected chi connectivity index (χ0v) is 18.4. The van der Waals surface area contributed by atoms with E-state index in [1.807, 2.05) is 60.7 Å². The Balaban J connectivity index is 2.01. The summed E-state index contributed by atoms with van der Waals surface area (Å²) in [6.07, 6.45) is 1.35. The quantitative estimate of drug-likeness (QED) is 0.351. The number of benzene rings is 2. The van der Waals surface area contributed by atoms with Crippen LogP contribution >= 0.6 is 0 Å². The first-order valence-corrected chi connectivity index (χ1v) is 11.4. The van der Waals surface area contributed by atoms with Gasteiger partial charge in [-0.05, 0) is 30.3 Å². The average molecular weight is 399 g/mol. The van der Waals surface area contributed by atoms with Gasteiger partial charge in [0.2, 0.25) is 0 Å². The monoisotopic (exact) mass is 398 g/mol. The van der Waals surface area contributed by atoms with Crippen LogP contribution in [0.4, 0.5) is 0 Å². The maximum absolute atomic E-state index is 12.8. The highest BCUT2D eigenvalue weighted by Gasteiger charge is 2.22. The number of rotatable bonds is 10. The number of hydrogen-bond donors (Lipinski definition) is 0. The maximum Gasteiger partial charge on any atom is 0.255 e. The molecule has 2 amide bonds. The molecule has 28 heavy (non-hydrogen) atoms. The molecule has 2 aromatic carbocycles. The van der Waals surface area contributed by atoms with E-state index in [0.29, 0.717) is 24.1 Å². The van der Waals surface area contributed by atoms with Crippen molar-refractivity contribution in [3.05, 3.63) is 71.8 Å². The van der Waals surface area contributed by atoms with Crippen molar-refractivity contribution in [3.8, 4) is 0 Å². The summed E-state index contributed by atoms with van der Waals surface area (Å²) in [6.45, 7) is 2.65. The van der Waals surface area contributed by atoms with Crippen LogP contribution in [0.3, 0.4) is 0 Å². The molecule has 0 saturated carbocycles. The summed E-state index contributed by atoms with van der Waals surface area (Å²) in [5.41, 5.74) is 1.31. The molecular formula is C22H30N2O3Si. The third kappa shape index (κ3) is 6.32. The molecule has 0 fully saturated rings. The van der Waals surface area contributed by atoms with Crippen LogP contribution in [-0.2, 0) is 4.43 Å². The third-order valence-electron chi connectivity index (χ3n) is 4.66. The lowest BCUT2D eigenvalue weighted by atomic mass is 10.2. The lowest BCUT2D eigenvalue weighted by molar-refractivity contribution is 0.0265. The fraction of sp³-hybridized carbons (Fsp3) is 0.364. The number of carbonyl (C=O) groups excluding carboxylic acids is 2. The lowest BCUT2D eigenvalue weighted by Gasteiger charge is -2.30. The van der Waals surface area contributed by atoms with Gasteiger partial charge in [-0.3, -0.25) is 9.59 Å². The van der Waals surface area contributed by atoms with Crippen LogP contribution < -0.4 is 0 Å². The van der Waals surface area contributed by atoms with Crippen molar-refractivity contribution in [2.75, 3.05) is 20.6 Å². The highest BCUT2D eigenvalue weighted by molar-refractivity contribution is 6.27. The molecule has 0 aliphatic carbocycles. The molecule has 5 nitrogen and oxygen atoms in total. The van der Waals surface area contributed by atoms with Gasteiger partial charge < -0.3 is 14.2 Å². The van der Waals surface area contributed by atoms with Gasteiger partial charge in [0.05, 0.1) is 0 Å². The molecular weight excluding hydrogens is 368 g/mol. The normalized spacial score (nSPS) is 12.1. The summed E-state index contributed by atoms with van der Waals surface area (Å²) in [5, 5.41) is 0. The van der Waals surface area contributed by atoms with Crippen molar-refractivity contribution in [1.82, 2.24) is 9.80 Å². The summed E-state index contributed by atoms with van der Waals surface area (Å²) < 4.78 is 6.13. The van der Waals surface area contributed by atoms with Crippen LogP contribution in [-0.4, -0.2) is 58.2 Å². The summed E-state index contributed by atoms with van der Waals surface area (Å²) >= 11 is 0. The molecule has 0 radical (unpaired) electrons. The maximum atomic E-state index is 12.8. The largest absolute Gasteiger partial charge is 0.404 e. The van der Waals surface area contributed by atoms with E-state index in [-0.39, 0.29) is 18.0 Å². The Hall–Kier alpha value is -2.44. The highest BCUT2D eigenvalue weighted by Crippen LogP contribution is 2.12. The van der Waals surface area contributed by atoms with Crippen molar-refractivity contribution < 1.29 is 14.0 Å². The fourth-order valence-electron chi connectivity index (χ4n) is 2.87. The minimum atomic E-state index is -0.703. The van der Waals surface area contributed by atoms with E-state index in [0.717, 1.165) is 12.5 Å². The summed E-state index contributed by atoms with van der Waals surface area (Å²) in [5.74, 6) is -0.0877. The Morgan fingerprint density at radius 2 is 1.46 bits per heavy atom. The Morgan fingerprint density at radius 1 is 0.929 bits per heavy atom. The third-order valence-corrected chi connectivity index (χ3v) is 6.28. The second-order valence-electron chi connectivity index (χ2n) is 6.84. The Bertz CT molecular complexity index is 740. The SMILES string of the molecule is CCC[SiH2]OC(CCN(C)C(=O)c1ccccc1)N(C)C(=O)c1ccccc1. The van der Waals surface area contributed by atoms with E-state index in [9.17, 15) is 9.59 Å². The molecule has 1 unspecified atom stereocenters. The molecule has 6 heteroatoms. The molecule has 0 aliphatic rings. The molecule has 2 rings (SSSR count). The second-order valence-corrected chi connectivity index (χ2v) is 8.29. The Kier molecular flexibility index (Phi) is 8.91. The lowest BCUT2D eigenvalue weighted by Crippen LogP contribution is -2.42. The second kappa shape index (κ2) is 11.4. The van der Waals surface area contributed by atoms with Gasteiger partial charge >= 0.3 is 0 Å². The molecule has 150 valence electrons. The van der Waals surface area contributed by atoms with Gasteiger partial charge in [0.1, 0.15) is 6.23 Å². The van der Waals surface area contributed by atoms with Crippen LogP contribution in [0, 0.1) is 0 Å². The number of amides is 2. The molecule has 0 aromatic heterocycles. The molecule has 0 aliphatic heterocycles. The Morgan fingerprint density at radius 3 is 2.00 bits per heavy atom. The Labute approximate surface area is 170 Å². The molecule has 0 bridgehead atoms. The van der Waals surface area contributed by atoms with Crippen LogP contribution in [0.25, 0.3) is 0 Å². The molecule has 0 saturated heterocycles. The van der Waals surface area contributed by atoms with Crippen molar-refractivity contribution in [2.24, 2.45) is 0 Å². The number of carbonyl (C=O) groups is 2. The minimum absolute atomic E-state index is 0.0257. The van der Waals surface area contributed by atoms with Gasteiger partial charge in [0, 0.05) is 38.2 Å².